The SMILES string of the molecule is Cc1cc(C(F)(F)C(F)(F)F)n2nc(C(=O)Nc3c(C(N)=O)sc4nc(C(F)(F)F)cc(-c5cnn(C)c5C)c34)cc2n1. The fourth-order valence-electron chi connectivity index (χ4n) is 4.27. The van der Waals surface area contributed by atoms with E-state index in [9.17, 15) is 44.7 Å². The maximum Gasteiger partial charge on any atom is 0.459 e. The first-order valence-corrected chi connectivity index (χ1v) is 12.6. The molecule has 2 amide bonds. The highest BCUT2D eigenvalue weighted by Crippen LogP contribution is 2.45. The van der Waals surface area contributed by atoms with E-state index < -0.39 is 57.7 Å². The van der Waals surface area contributed by atoms with E-state index in [1.165, 1.54) is 17.9 Å². The zero-order chi connectivity index (χ0) is 31.8. The van der Waals surface area contributed by atoms with Crippen molar-refractivity contribution in [1.29, 1.82) is 0 Å². The van der Waals surface area contributed by atoms with Gasteiger partial charge in [-0.2, -0.15) is 45.3 Å². The van der Waals surface area contributed by atoms with Crippen LogP contribution >= 0.6 is 11.3 Å². The number of primary amides is 1. The maximum atomic E-state index is 14.3. The van der Waals surface area contributed by atoms with Crippen LogP contribution in [0.1, 0.15) is 42.9 Å². The minimum atomic E-state index is -6.00. The molecule has 0 fully saturated rings. The average Bonchev–Trinajstić information content (AvgIpc) is 3.57. The number of thiophene rings is 1. The number of nitrogens with zero attached hydrogens (tertiary/aromatic N) is 6. The topological polar surface area (TPSA) is 133 Å². The summed E-state index contributed by atoms with van der Waals surface area (Å²) < 4.78 is 111. The number of aryl methyl sites for hydroxylation is 2. The molecule has 5 aromatic heterocycles. The van der Waals surface area contributed by atoms with Crippen molar-refractivity contribution in [2.45, 2.75) is 32.1 Å². The lowest BCUT2D eigenvalue weighted by Gasteiger charge is -2.20. The Labute approximate surface area is 238 Å². The Morgan fingerprint density at radius 1 is 0.977 bits per heavy atom. The van der Waals surface area contributed by atoms with Crippen molar-refractivity contribution in [3.63, 3.8) is 0 Å². The minimum Gasteiger partial charge on any atom is -0.365 e. The number of carbonyl (C=O) groups is 2. The molecule has 0 aromatic carbocycles. The van der Waals surface area contributed by atoms with Crippen LogP contribution in [-0.2, 0) is 19.1 Å². The molecule has 0 aliphatic heterocycles. The number of hydrogen-bond acceptors (Lipinski definition) is 7. The van der Waals surface area contributed by atoms with Crippen LogP contribution < -0.4 is 11.1 Å². The number of aromatic nitrogens is 6. The molecule has 3 N–H and O–H groups in total. The van der Waals surface area contributed by atoms with Gasteiger partial charge >= 0.3 is 18.3 Å². The highest BCUT2D eigenvalue weighted by Gasteiger charge is 2.60. The lowest BCUT2D eigenvalue weighted by Crippen LogP contribution is -2.36. The molecule has 0 aliphatic carbocycles. The molecule has 0 spiro atoms. The molecule has 0 aliphatic rings. The van der Waals surface area contributed by atoms with Crippen LogP contribution in [0.5, 0.6) is 0 Å². The molecule has 0 atom stereocenters. The van der Waals surface area contributed by atoms with Crippen molar-refractivity contribution in [2.24, 2.45) is 12.8 Å². The Kier molecular flexibility index (Phi) is 6.71. The number of nitrogens with one attached hydrogen (secondary N) is 1. The predicted octanol–water partition coefficient (Wildman–Crippen LogP) is 5.38. The smallest absolute Gasteiger partial charge is 0.365 e. The molecule has 0 unspecified atom stereocenters. The summed E-state index contributed by atoms with van der Waals surface area (Å²) in [5.41, 5.74) is 1.17. The Balaban J connectivity index is 1.70. The van der Waals surface area contributed by atoms with E-state index in [1.54, 1.807) is 6.92 Å². The van der Waals surface area contributed by atoms with Crippen LogP contribution in [0.2, 0.25) is 0 Å². The second-order valence-corrected chi connectivity index (χ2v) is 10.3. The second kappa shape index (κ2) is 9.68. The summed E-state index contributed by atoms with van der Waals surface area (Å²) in [6.45, 7) is 2.71. The molecule has 0 bridgehead atoms. The van der Waals surface area contributed by atoms with E-state index in [1.807, 2.05) is 0 Å². The third-order valence-electron chi connectivity index (χ3n) is 6.41. The number of carbonyl (C=O) groups excluding carboxylic acids is 2. The Hall–Kier alpha value is -4.68. The molecular weight excluding hydrogens is 616 g/mol. The van der Waals surface area contributed by atoms with Crippen molar-refractivity contribution in [2.75, 3.05) is 5.32 Å². The van der Waals surface area contributed by atoms with Gasteiger partial charge in [0.05, 0.1) is 11.9 Å². The number of pyridine rings is 1. The van der Waals surface area contributed by atoms with Crippen LogP contribution in [0, 0.1) is 13.8 Å². The van der Waals surface area contributed by atoms with Gasteiger partial charge in [0.2, 0.25) is 0 Å². The number of anilines is 1. The summed E-state index contributed by atoms with van der Waals surface area (Å²) in [7, 11) is 1.53. The third-order valence-corrected chi connectivity index (χ3v) is 7.50. The molecule has 5 aromatic rings. The van der Waals surface area contributed by atoms with Crippen molar-refractivity contribution < 1.29 is 44.7 Å². The fraction of sp³-hybridized carbons (Fsp3) is 0.250. The van der Waals surface area contributed by atoms with Crippen molar-refractivity contribution in [3.8, 4) is 11.1 Å². The monoisotopic (exact) mass is 632 g/mol. The predicted molar refractivity (Wildman–Crippen MR) is 136 cm³/mol. The average molecular weight is 632 g/mol. The number of nitrogens with two attached hydrogens (primary N) is 1. The zero-order valence-corrected chi connectivity index (χ0v) is 22.6. The number of rotatable bonds is 5. The molecule has 5 rings (SSSR count). The van der Waals surface area contributed by atoms with E-state index in [0.29, 0.717) is 29.2 Å². The number of alkyl halides is 8. The van der Waals surface area contributed by atoms with Crippen LogP contribution in [0.4, 0.5) is 40.8 Å². The summed E-state index contributed by atoms with van der Waals surface area (Å²) in [5.74, 6) is -7.75. The number of halogens is 8. The maximum absolute atomic E-state index is 14.3. The number of amides is 2. The minimum absolute atomic E-state index is 0.124. The van der Waals surface area contributed by atoms with Crippen molar-refractivity contribution >= 4 is 44.7 Å². The van der Waals surface area contributed by atoms with Gasteiger partial charge in [-0.05, 0) is 31.5 Å². The Morgan fingerprint density at radius 2 is 1.65 bits per heavy atom. The summed E-state index contributed by atoms with van der Waals surface area (Å²) >= 11 is 0.447. The normalized spacial score (nSPS) is 12.8. The van der Waals surface area contributed by atoms with Gasteiger partial charge in [-0.15, -0.1) is 11.3 Å². The van der Waals surface area contributed by atoms with Gasteiger partial charge < -0.3 is 11.1 Å². The largest absolute Gasteiger partial charge is 0.459 e. The van der Waals surface area contributed by atoms with Crippen molar-refractivity contribution in [3.05, 3.63) is 57.7 Å². The van der Waals surface area contributed by atoms with Crippen LogP contribution in [0.3, 0.4) is 0 Å². The summed E-state index contributed by atoms with van der Waals surface area (Å²) in [5, 5.41) is 9.78. The molecule has 19 heteroatoms. The van der Waals surface area contributed by atoms with E-state index in [-0.39, 0.29) is 37.2 Å². The molecule has 0 saturated carbocycles. The van der Waals surface area contributed by atoms with E-state index in [0.717, 1.165) is 13.0 Å². The van der Waals surface area contributed by atoms with Crippen LogP contribution in [0.15, 0.2) is 24.4 Å². The van der Waals surface area contributed by atoms with Crippen LogP contribution in [0.25, 0.3) is 27.0 Å². The summed E-state index contributed by atoms with van der Waals surface area (Å²) in [6, 6.07) is 1.98. The van der Waals surface area contributed by atoms with Gasteiger partial charge in [-0.25, -0.2) is 14.5 Å². The molecule has 0 saturated heterocycles. The van der Waals surface area contributed by atoms with Gasteiger partial charge in [0.25, 0.3) is 11.8 Å². The lowest BCUT2D eigenvalue weighted by molar-refractivity contribution is -0.291. The van der Waals surface area contributed by atoms with E-state index in [4.69, 9.17) is 5.73 Å². The first kappa shape index (κ1) is 29.8. The van der Waals surface area contributed by atoms with Gasteiger partial charge in [0.1, 0.15) is 21.1 Å². The van der Waals surface area contributed by atoms with Crippen molar-refractivity contribution in [1.82, 2.24) is 29.4 Å². The molecular formula is C24H16F8N8O2S. The first-order chi connectivity index (χ1) is 19.8. The first-order valence-electron chi connectivity index (χ1n) is 11.8. The van der Waals surface area contributed by atoms with Gasteiger partial charge in [0.15, 0.2) is 11.3 Å². The third kappa shape index (κ3) is 4.92. The standard InChI is InChI=1S/C24H16F8N8O2S/c1-8-4-14(22(25,26)24(30,31)32)40-15(35-8)6-12(38-40)20(42)37-17-16-10(11-7-34-39(3)9(11)2)5-13(23(27,28)29)36-21(16)43-18(17)19(33)41/h4-7H,1-3H3,(H2,33,41)(H,37,42). The highest BCUT2D eigenvalue weighted by atomic mass is 32.1. The van der Waals surface area contributed by atoms with E-state index >= 15 is 0 Å². The molecule has 0 radical (unpaired) electrons. The molecule has 226 valence electrons. The van der Waals surface area contributed by atoms with Gasteiger partial charge in [0, 0.05) is 35.5 Å². The summed E-state index contributed by atoms with van der Waals surface area (Å²) in [4.78, 5) is 32.3. The quantitative estimate of drug-likeness (QED) is 0.250. The highest BCUT2D eigenvalue weighted by molar-refractivity contribution is 7.21. The van der Waals surface area contributed by atoms with Gasteiger partial charge in [-0.1, -0.05) is 0 Å². The van der Waals surface area contributed by atoms with Crippen LogP contribution in [-0.4, -0.2) is 47.4 Å². The second-order valence-electron chi connectivity index (χ2n) is 9.28. The fourth-order valence-corrected chi connectivity index (χ4v) is 5.28. The summed E-state index contributed by atoms with van der Waals surface area (Å²) in [6.07, 6.45) is -9.65. The lowest BCUT2D eigenvalue weighted by atomic mass is 10.0. The van der Waals surface area contributed by atoms with E-state index in [2.05, 4.69) is 25.5 Å². The zero-order valence-electron chi connectivity index (χ0n) is 21.8. The molecule has 5 heterocycles. The Bertz CT molecular complexity index is 1950. The number of fused-ring (bicyclic) bond motifs is 2. The molecule has 10 nitrogen and oxygen atoms in total. The Morgan fingerprint density at radius 3 is 2.21 bits per heavy atom. The number of hydrogen-bond donors (Lipinski definition) is 2. The molecule has 43 heavy (non-hydrogen) atoms. The van der Waals surface area contributed by atoms with Gasteiger partial charge in [-0.3, -0.25) is 14.3 Å².